The molecule has 0 bridgehead atoms. The lowest BCUT2D eigenvalue weighted by atomic mass is 10.2. The SMILES string of the molecule is C/C=C/C=C/C=C\CC/C=C\C=C\C(=O)NCC(C)C. The Bertz CT molecular complexity index is 384. The molecule has 0 rings (SSSR count). The molecule has 2 heteroatoms. The van der Waals surface area contributed by atoms with Gasteiger partial charge in [-0.1, -0.05) is 68.5 Å². The third kappa shape index (κ3) is 14.2. The van der Waals surface area contributed by atoms with Gasteiger partial charge < -0.3 is 5.32 Å². The molecule has 0 saturated carbocycles. The molecule has 0 aromatic heterocycles. The Morgan fingerprint density at radius 2 is 1.55 bits per heavy atom. The van der Waals surface area contributed by atoms with Crippen LogP contribution in [0, 0.1) is 5.92 Å². The zero-order valence-corrected chi connectivity index (χ0v) is 12.9. The summed E-state index contributed by atoms with van der Waals surface area (Å²) in [6.45, 7) is 6.87. The molecule has 0 saturated heterocycles. The van der Waals surface area contributed by atoms with Crippen molar-refractivity contribution in [2.45, 2.75) is 33.6 Å². The third-order valence-corrected chi connectivity index (χ3v) is 2.34. The lowest BCUT2D eigenvalue weighted by Gasteiger charge is -2.03. The van der Waals surface area contributed by atoms with Crippen LogP contribution in [0.2, 0.25) is 0 Å². The van der Waals surface area contributed by atoms with Gasteiger partial charge >= 0.3 is 0 Å². The van der Waals surface area contributed by atoms with Crippen LogP contribution in [0.1, 0.15) is 33.6 Å². The molecule has 0 atom stereocenters. The van der Waals surface area contributed by atoms with Gasteiger partial charge in [0.05, 0.1) is 0 Å². The Balaban J connectivity index is 3.68. The summed E-state index contributed by atoms with van der Waals surface area (Å²) in [6.07, 6.45) is 21.5. The Labute approximate surface area is 123 Å². The van der Waals surface area contributed by atoms with Crippen molar-refractivity contribution < 1.29 is 4.79 Å². The van der Waals surface area contributed by atoms with E-state index in [0.29, 0.717) is 5.92 Å². The number of rotatable bonds is 9. The van der Waals surface area contributed by atoms with Crippen molar-refractivity contribution in [2.24, 2.45) is 5.92 Å². The summed E-state index contributed by atoms with van der Waals surface area (Å²) >= 11 is 0. The second-order valence-electron chi connectivity index (χ2n) is 4.84. The Morgan fingerprint density at radius 3 is 2.15 bits per heavy atom. The molecule has 110 valence electrons. The molecule has 0 aliphatic rings. The van der Waals surface area contributed by atoms with E-state index in [0.717, 1.165) is 19.4 Å². The molecule has 0 aromatic carbocycles. The van der Waals surface area contributed by atoms with Crippen LogP contribution in [0.25, 0.3) is 0 Å². The number of unbranched alkanes of at least 4 members (excludes halogenated alkanes) is 1. The van der Waals surface area contributed by atoms with Crippen molar-refractivity contribution in [3.63, 3.8) is 0 Å². The van der Waals surface area contributed by atoms with Crippen LogP contribution in [0.15, 0.2) is 60.8 Å². The second kappa shape index (κ2) is 13.6. The molecule has 20 heavy (non-hydrogen) atoms. The van der Waals surface area contributed by atoms with E-state index in [1.165, 1.54) is 0 Å². The molecule has 0 spiro atoms. The number of carbonyl (C=O) groups excluding carboxylic acids is 1. The van der Waals surface area contributed by atoms with Crippen LogP contribution in [-0.4, -0.2) is 12.5 Å². The maximum atomic E-state index is 11.4. The van der Waals surface area contributed by atoms with Crippen molar-refractivity contribution in [3.8, 4) is 0 Å². The molecular formula is C18H27NO. The van der Waals surface area contributed by atoms with Crippen molar-refractivity contribution in [3.05, 3.63) is 60.8 Å². The van der Waals surface area contributed by atoms with E-state index in [1.807, 2.05) is 43.4 Å². The van der Waals surface area contributed by atoms with Gasteiger partial charge in [-0.2, -0.15) is 0 Å². The highest BCUT2D eigenvalue weighted by molar-refractivity contribution is 5.87. The highest BCUT2D eigenvalue weighted by Gasteiger charge is 1.95. The summed E-state index contributed by atoms with van der Waals surface area (Å²) in [7, 11) is 0. The topological polar surface area (TPSA) is 29.1 Å². The minimum Gasteiger partial charge on any atom is -0.352 e. The number of nitrogens with one attached hydrogen (secondary N) is 1. The zero-order chi connectivity index (χ0) is 15.1. The van der Waals surface area contributed by atoms with Gasteiger partial charge in [-0.15, -0.1) is 0 Å². The fourth-order valence-corrected chi connectivity index (χ4v) is 1.29. The van der Waals surface area contributed by atoms with Gasteiger partial charge in [0.1, 0.15) is 0 Å². The number of hydrogen-bond donors (Lipinski definition) is 1. The lowest BCUT2D eigenvalue weighted by Crippen LogP contribution is -2.25. The summed E-state index contributed by atoms with van der Waals surface area (Å²) in [5, 5.41) is 2.83. The maximum Gasteiger partial charge on any atom is 0.243 e. The average Bonchev–Trinajstić information content (AvgIpc) is 2.42. The highest BCUT2D eigenvalue weighted by atomic mass is 16.1. The highest BCUT2D eigenvalue weighted by Crippen LogP contribution is 1.94. The number of carbonyl (C=O) groups is 1. The summed E-state index contributed by atoms with van der Waals surface area (Å²) in [5.41, 5.74) is 0. The van der Waals surface area contributed by atoms with Gasteiger partial charge in [-0.3, -0.25) is 4.79 Å². The molecular weight excluding hydrogens is 246 g/mol. The van der Waals surface area contributed by atoms with Gasteiger partial charge in [0.25, 0.3) is 0 Å². The minimum atomic E-state index is -0.0302. The first kappa shape index (κ1) is 18.2. The monoisotopic (exact) mass is 273 g/mol. The zero-order valence-electron chi connectivity index (χ0n) is 12.9. The molecule has 0 aliphatic heterocycles. The molecule has 0 aliphatic carbocycles. The van der Waals surface area contributed by atoms with Crippen molar-refractivity contribution in [1.29, 1.82) is 0 Å². The summed E-state index contributed by atoms with van der Waals surface area (Å²) in [4.78, 5) is 11.4. The standard InChI is InChI=1S/C18H27NO/c1-4-5-6-7-8-9-10-11-12-13-14-15-18(20)19-16-17(2)3/h4-9,12-15,17H,10-11,16H2,1-3H3,(H,19,20)/b5-4+,7-6+,9-8-,13-12-,15-14+. The molecule has 0 heterocycles. The van der Waals surface area contributed by atoms with Gasteiger partial charge in [0.15, 0.2) is 0 Å². The van der Waals surface area contributed by atoms with Crippen LogP contribution >= 0.6 is 0 Å². The van der Waals surface area contributed by atoms with Gasteiger partial charge in [-0.05, 0) is 25.7 Å². The van der Waals surface area contributed by atoms with E-state index in [9.17, 15) is 4.79 Å². The fraction of sp³-hybridized carbons (Fsp3) is 0.389. The first-order valence-corrected chi connectivity index (χ1v) is 7.22. The van der Waals surface area contributed by atoms with Crippen LogP contribution in [0.3, 0.4) is 0 Å². The fourth-order valence-electron chi connectivity index (χ4n) is 1.29. The molecule has 0 aromatic rings. The number of amides is 1. The Kier molecular flexibility index (Phi) is 12.4. The van der Waals surface area contributed by atoms with E-state index < -0.39 is 0 Å². The summed E-state index contributed by atoms with van der Waals surface area (Å²) in [5.74, 6) is 0.453. The molecule has 0 unspecified atom stereocenters. The van der Waals surface area contributed by atoms with E-state index in [1.54, 1.807) is 12.2 Å². The molecule has 1 N–H and O–H groups in total. The normalized spacial score (nSPS) is 13.0. The predicted octanol–water partition coefficient (Wildman–Crippen LogP) is 4.34. The maximum absolute atomic E-state index is 11.4. The molecule has 0 radical (unpaired) electrons. The smallest absolute Gasteiger partial charge is 0.243 e. The van der Waals surface area contributed by atoms with E-state index in [-0.39, 0.29) is 5.91 Å². The lowest BCUT2D eigenvalue weighted by molar-refractivity contribution is -0.116. The summed E-state index contributed by atoms with van der Waals surface area (Å²) in [6, 6.07) is 0. The molecule has 2 nitrogen and oxygen atoms in total. The van der Waals surface area contributed by atoms with Gasteiger partial charge in [0, 0.05) is 12.6 Å². The van der Waals surface area contributed by atoms with E-state index >= 15 is 0 Å². The third-order valence-electron chi connectivity index (χ3n) is 2.34. The predicted molar refractivity (Wildman–Crippen MR) is 88.5 cm³/mol. The number of allylic oxidation sites excluding steroid dienone is 9. The van der Waals surface area contributed by atoms with E-state index in [4.69, 9.17) is 0 Å². The van der Waals surface area contributed by atoms with E-state index in [2.05, 4.69) is 31.3 Å². The summed E-state index contributed by atoms with van der Waals surface area (Å²) < 4.78 is 0. The number of hydrogen-bond acceptors (Lipinski definition) is 1. The first-order valence-electron chi connectivity index (χ1n) is 7.22. The second-order valence-corrected chi connectivity index (χ2v) is 4.84. The average molecular weight is 273 g/mol. The van der Waals surface area contributed by atoms with Crippen molar-refractivity contribution >= 4 is 5.91 Å². The van der Waals surface area contributed by atoms with Crippen LogP contribution in [-0.2, 0) is 4.79 Å². The molecule has 0 fully saturated rings. The van der Waals surface area contributed by atoms with Crippen LogP contribution < -0.4 is 5.32 Å². The van der Waals surface area contributed by atoms with Gasteiger partial charge in [-0.25, -0.2) is 0 Å². The quantitative estimate of drug-likeness (QED) is 0.378. The largest absolute Gasteiger partial charge is 0.352 e. The van der Waals surface area contributed by atoms with Crippen molar-refractivity contribution in [2.75, 3.05) is 6.54 Å². The van der Waals surface area contributed by atoms with Crippen molar-refractivity contribution in [1.82, 2.24) is 5.32 Å². The molecule has 1 amide bonds. The van der Waals surface area contributed by atoms with Crippen LogP contribution in [0.5, 0.6) is 0 Å². The first-order chi connectivity index (χ1) is 9.66. The Morgan fingerprint density at radius 1 is 0.950 bits per heavy atom. The Hall–Kier alpha value is -1.83. The van der Waals surface area contributed by atoms with Crippen LogP contribution in [0.4, 0.5) is 0 Å². The van der Waals surface area contributed by atoms with Gasteiger partial charge in [0.2, 0.25) is 5.91 Å². The minimum absolute atomic E-state index is 0.0302.